The molecule has 0 aliphatic carbocycles. The molecular formula is C20H26N6O4. The molecule has 1 atom stereocenters. The number of fused-ring (bicyclic) bond motifs is 1. The van der Waals surface area contributed by atoms with Gasteiger partial charge in [-0.25, -0.2) is 9.97 Å². The predicted molar refractivity (Wildman–Crippen MR) is 113 cm³/mol. The standard InChI is InChI=1S/C20H26N6O4/c1-5-7-14-15-16(26(4)25-14)18(27)24-17(23-15)13-9-12(22-11(3)20(28)29)10-21-19(13)30-8-6-2/h9-11,22H,5-8H2,1-4H3,(H,28,29)(H,23,24,27). The molecule has 0 spiro atoms. The Balaban J connectivity index is 2.16. The lowest BCUT2D eigenvalue weighted by Crippen LogP contribution is -2.25. The summed E-state index contributed by atoms with van der Waals surface area (Å²) in [4.78, 5) is 35.7. The summed E-state index contributed by atoms with van der Waals surface area (Å²) in [6.45, 7) is 5.98. The van der Waals surface area contributed by atoms with Crippen molar-refractivity contribution in [1.82, 2.24) is 24.7 Å². The van der Waals surface area contributed by atoms with Gasteiger partial charge in [-0.3, -0.25) is 14.3 Å². The quantitative estimate of drug-likeness (QED) is 0.486. The minimum atomic E-state index is -0.990. The highest BCUT2D eigenvalue weighted by Gasteiger charge is 2.19. The van der Waals surface area contributed by atoms with E-state index < -0.39 is 12.0 Å². The van der Waals surface area contributed by atoms with Gasteiger partial charge in [0.2, 0.25) is 5.88 Å². The molecule has 160 valence electrons. The van der Waals surface area contributed by atoms with Crippen LogP contribution in [0.25, 0.3) is 22.4 Å². The second kappa shape index (κ2) is 8.93. The van der Waals surface area contributed by atoms with E-state index in [2.05, 4.69) is 25.4 Å². The summed E-state index contributed by atoms with van der Waals surface area (Å²) in [7, 11) is 1.72. The van der Waals surface area contributed by atoms with Crippen LogP contribution in [-0.2, 0) is 18.3 Å². The number of aryl methyl sites for hydroxylation is 2. The maximum atomic E-state index is 12.8. The lowest BCUT2D eigenvalue weighted by molar-refractivity contribution is -0.137. The van der Waals surface area contributed by atoms with Crippen molar-refractivity contribution in [2.24, 2.45) is 7.05 Å². The van der Waals surface area contributed by atoms with Crippen LogP contribution in [0.3, 0.4) is 0 Å². The van der Waals surface area contributed by atoms with Gasteiger partial charge in [0.05, 0.1) is 29.7 Å². The van der Waals surface area contributed by atoms with Crippen molar-refractivity contribution in [2.75, 3.05) is 11.9 Å². The Morgan fingerprint density at radius 2 is 2.13 bits per heavy atom. The molecule has 0 aliphatic rings. The van der Waals surface area contributed by atoms with Crippen molar-refractivity contribution < 1.29 is 14.6 Å². The second-order valence-corrected chi connectivity index (χ2v) is 7.06. The zero-order valence-electron chi connectivity index (χ0n) is 17.5. The first-order valence-corrected chi connectivity index (χ1v) is 9.94. The molecular weight excluding hydrogens is 388 g/mol. The van der Waals surface area contributed by atoms with Crippen LogP contribution in [0, 0.1) is 0 Å². The van der Waals surface area contributed by atoms with E-state index in [0.717, 1.165) is 18.5 Å². The number of rotatable bonds is 9. The first-order valence-electron chi connectivity index (χ1n) is 9.94. The molecule has 3 rings (SSSR count). The van der Waals surface area contributed by atoms with Crippen molar-refractivity contribution in [3.05, 3.63) is 28.3 Å². The molecule has 3 aromatic heterocycles. The normalized spacial score (nSPS) is 12.1. The third kappa shape index (κ3) is 4.27. The van der Waals surface area contributed by atoms with Gasteiger partial charge in [-0.2, -0.15) is 5.10 Å². The summed E-state index contributed by atoms with van der Waals surface area (Å²) in [5, 5.41) is 16.5. The number of H-pyrrole nitrogens is 1. The highest BCUT2D eigenvalue weighted by Crippen LogP contribution is 2.29. The fourth-order valence-electron chi connectivity index (χ4n) is 3.11. The molecule has 0 aromatic carbocycles. The number of aliphatic carboxylic acids is 1. The van der Waals surface area contributed by atoms with Crippen LogP contribution in [0.2, 0.25) is 0 Å². The van der Waals surface area contributed by atoms with Crippen LogP contribution in [-0.4, -0.2) is 48.5 Å². The first kappa shape index (κ1) is 21.3. The lowest BCUT2D eigenvalue weighted by Gasteiger charge is -2.14. The van der Waals surface area contributed by atoms with Crippen LogP contribution in [0.1, 0.15) is 39.3 Å². The fourth-order valence-corrected chi connectivity index (χ4v) is 3.11. The van der Waals surface area contributed by atoms with E-state index >= 15 is 0 Å². The number of hydrogen-bond acceptors (Lipinski definition) is 7. The monoisotopic (exact) mass is 414 g/mol. The van der Waals surface area contributed by atoms with Crippen LogP contribution in [0.5, 0.6) is 5.88 Å². The molecule has 10 heteroatoms. The van der Waals surface area contributed by atoms with Gasteiger partial charge < -0.3 is 20.1 Å². The molecule has 0 aliphatic heterocycles. The summed E-state index contributed by atoms with van der Waals surface area (Å²) in [5.41, 5.74) is 2.32. The fraction of sp³-hybridized carbons (Fsp3) is 0.450. The Bertz CT molecular complexity index is 1120. The molecule has 3 aromatic rings. The Morgan fingerprint density at radius 3 is 2.80 bits per heavy atom. The Morgan fingerprint density at radius 1 is 1.37 bits per heavy atom. The molecule has 30 heavy (non-hydrogen) atoms. The molecule has 1 unspecified atom stereocenters. The van der Waals surface area contributed by atoms with E-state index in [1.54, 1.807) is 13.1 Å². The van der Waals surface area contributed by atoms with E-state index in [0.29, 0.717) is 47.0 Å². The third-order valence-electron chi connectivity index (χ3n) is 4.55. The zero-order chi connectivity index (χ0) is 21.8. The van der Waals surface area contributed by atoms with Gasteiger partial charge in [0.1, 0.15) is 17.4 Å². The average Bonchev–Trinajstić information content (AvgIpc) is 3.03. The number of aromatic nitrogens is 5. The number of pyridine rings is 1. The van der Waals surface area contributed by atoms with E-state index in [-0.39, 0.29) is 5.56 Å². The van der Waals surface area contributed by atoms with E-state index in [4.69, 9.17) is 9.84 Å². The van der Waals surface area contributed by atoms with Gasteiger partial charge in [0.15, 0.2) is 5.52 Å². The number of carboxylic acid groups (broad SMARTS) is 1. The number of carboxylic acids is 1. The number of aromatic amines is 1. The van der Waals surface area contributed by atoms with Gasteiger partial charge in [0, 0.05) is 7.05 Å². The maximum absolute atomic E-state index is 12.8. The third-order valence-corrected chi connectivity index (χ3v) is 4.55. The molecule has 0 fully saturated rings. The maximum Gasteiger partial charge on any atom is 0.325 e. The van der Waals surface area contributed by atoms with Crippen molar-refractivity contribution >= 4 is 22.7 Å². The van der Waals surface area contributed by atoms with Crippen molar-refractivity contribution in [2.45, 2.75) is 46.1 Å². The van der Waals surface area contributed by atoms with Gasteiger partial charge in [-0.05, 0) is 25.8 Å². The number of nitrogens with one attached hydrogen (secondary N) is 2. The largest absolute Gasteiger partial charge is 0.480 e. The van der Waals surface area contributed by atoms with Crippen molar-refractivity contribution in [1.29, 1.82) is 0 Å². The average molecular weight is 414 g/mol. The summed E-state index contributed by atoms with van der Waals surface area (Å²) in [6, 6.07) is 0.864. The topological polar surface area (TPSA) is 135 Å². The highest BCUT2D eigenvalue weighted by atomic mass is 16.5. The highest BCUT2D eigenvalue weighted by molar-refractivity contribution is 5.81. The number of ether oxygens (including phenoxy) is 1. The Kier molecular flexibility index (Phi) is 6.34. The molecule has 0 radical (unpaired) electrons. The van der Waals surface area contributed by atoms with Gasteiger partial charge in [-0.15, -0.1) is 0 Å². The molecule has 0 amide bonds. The van der Waals surface area contributed by atoms with Crippen LogP contribution in [0.15, 0.2) is 17.1 Å². The van der Waals surface area contributed by atoms with Gasteiger partial charge in [-0.1, -0.05) is 20.3 Å². The lowest BCUT2D eigenvalue weighted by atomic mass is 10.2. The van der Waals surface area contributed by atoms with Gasteiger partial charge in [0.25, 0.3) is 5.56 Å². The molecule has 3 heterocycles. The molecule has 0 bridgehead atoms. The molecule has 3 N–H and O–H groups in total. The summed E-state index contributed by atoms with van der Waals surface area (Å²) in [6.07, 6.45) is 3.85. The van der Waals surface area contributed by atoms with Crippen molar-refractivity contribution in [3.8, 4) is 17.3 Å². The molecule has 0 saturated heterocycles. The smallest absolute Gasteiger partial charge is 0.325 e. The molecule has 0 saturated carbocycles. The summed E-state index contributed by atoms with van der Waals surface area (Å²) >= 11 is 0. The number of nitrogens with zero attached hydrogens (tertiary/aromatic N) is 4. The second-order valence-electron chi connectivity index (χ2n) is 7.06. The Labute approximate surface area is 173 Å². The van der Waals surface area contributed by atoms with E-state index in [1.807, 2.05) is 13.8 Å². The summed E-state index contributed by atoms with van der Waals surface area (Å²) < 4.78 is 7.28. The van der Waals surface area contributed by atoms with E-state index in [1.165, 1.54) is 17.8 Å². The SMILES string of the molecule is CCCOc1ncc(NC(C)C(=O)O)cc1-c1nc2c(CCC)nn(C)c2c(=O)[nH]1. The Hall–Kier alpha value is -3.43. The summed E-state index contributed by atoms with van der Waals surface area (Å²) in [5.74, 6) is -0.382. The minimum absolute atomic E-state index is 0.295. The van der Waals surface area contributed by atoms with Crippen molar-refractivity contribution in [3.63, 3.8) is 0 Å². The minimum Gasteiger partial charge on any atom is -0.480 e. The van der Waals surface area contributed by atoms with Crippen LogP contribution in [0.4, 0.5) is 5.69 Å². The van der Waals surface area contributed by atoms with E-state index in [9.17, 15) is 9.59 Å². The first-order chi connectivity index (χ1) is 14.3. The van der Waals surface area contributed by atoms with Gasteiger partial charge >= 0.3 is 5.97 Å². The zero-order valence-corrected chi connectivity index (χ0v) is 17.5. The van der Waals surface area contributed by atoms with Crippen LogP contribution < -0.4 is 15.6 Å². The van der Waals surface area contributed by atoms with Crippen LogP contribution >= 0.6 is 0 Å². The number of anilines is 1. The number of carbonyl (C=O) groups is 1. The predicted octanol–water partition coefficient (Wildman–Crippen LogP) is 2.34. The number of hydrogen-bond donors (Lipinski definition) is 3. The molecule has 10 nitrogen and oxygen atoms in total.